The van der Waals surface area contributed by atoms with Crippen molar-refractivity contribution >= 4 is 33.0 Å². The highest BCUT2D eigenvalue weighted by atomic mass is 35.5. The number of hydrogen-bond donors (Lipinski definition) is 0. The van der Waals surface area contributed by atoms with Crippen LogP contribution in [0, 0.1) is 0 Å². The lowest BCUT2D eigenvalue weighted by Gasteiger charge is -2.07. The molecule has 0 aliphatic heterocycles. The molecule has 1 aromatic carbocycles. The van der Waals surface area contributed by atoms with E-state index in [1.165, 1.54) is 18.3 Å². The van der Waals surface area contributed by atoms with Crippen LogP contribution in [0.1, 0.15) is 13.3 Å². The van der Waals surface area contributed by atoms with Crippen LogP contribution in [0.2, 0.25) is 10.0 Å². The summed E-state index contributed by atoms with van der Waals surface area (Å²) < 4.78 is 29.2. The normalized spacial score (nSPS) is 11.4. The van der Waals surface area contributed by atoms with E-state index in [0.29, 0.717) is 22.2 Å². The van der Waals surface area contributed by atoms with Crippen molar-refractivity contribution in [1.29, 1.82) is 0 Å². The maximum absolute atomic E-state index is 11.9. The van der Waals surface area contributed by atoms with Gasteiger partial charge in [0.1, 0.15) is 5.75 Å². The third kappa shape index (κ3) is 4.09. The first kappa shape index (κ1) is 16.1. The van der Waals surface area contributed by atoms with Crippen LogP contribution >= 0.6 is 23.2 Å². The minimum atomic E-state index is -3.27. The molecule has 0 amide bonds. The molecule has 112 valence electrons. The van der Waals surface area contributed by atoms with E-state index in [1.54, 1.807) is 18.2 Å². The summed E-state index contributed by atoms with van der Waals surface area (Å²) in [7, 11) is -3.27. The van der Waals surface area contributed by atoms with Gasteiger partial charge in [-0.2, -0.15) is 0 Å². The van der Waals surface area contributed by atoms with E-state index in [9.17, 15) is 8.42 Å². The predicted octanol–water partition coefficient (Wildman–Crippen LogP) is 4.36. The van der Waals surface area contributed by atoms with Crippen molar-refractivity contribution in [2.24, 2.45) is 0 Å². The molecule has 4 nitrogen and oxygen atoms in total. The topological polar surface area (TPSA) is 56.3 Å². The highest BCUT2D eigenvalue weighted by Crippen LogP contribution is 2.29. The van der Waals surface area contributed by atoms with Gasteiger partial charge in [0.25, 0.3) is 0 Å². The molecule has 1 heterocycles. The van der Waals surface area contributed by atoms with Gasteiger partial charge in [0, 0.05) is 18.3 Å². The summed E-state index contributed by atoms with van der Waals surface area (Å²) in [4.78, 5) is 4.18. The minimum Gasteiger partial charge on any atom is -0.439 e. The van der Waals surface area contributed by atoms with Crippen LogP contribution in [-0.4, -0.2) is 19.2 Å². The number of nitrogens with zero attached hydrogens (tertiary/aromatic N) is 1. The standard InChI is InChI=1S/C14H13Cl2NO3S/c1-2-7-21(18,19)11-4-6-14(17-9-11)20-10-3-5-12(15)13(16)8-10/h3-6,8-9H,2,7H2,1H3. The molecule has 0 radical (unpaired) electrons. The van der Waals surface area contributed by atoms with Crippen LogP contribution in [-0.2, 0) is 9.84 Å². The van der Waals surface area contributed by atoms with Gasteiger partial charge in [0.2, 0.25) is 5.88 Å². The van der Waals surface area contributed by atoms with Crippen molar-refractivity contribution in [1.82, 2.24) is 4.98 Å². The van der Waals surface area contributed by atoms with E-state index in [1.807, 2.05) is 6.92 Å². The van der Waals surface area contributed by atoms with Crippen LogP contribution < -0.4 is 4.74 Å². The lowest BCUT2D eigenvalue weighted by Crippen LogP contribution is -2.06. The van der Waals surface area contributed by atoms with E-state index in [2.05, 4.69) is 4.98 Å². The number of halogens is 2. The summed E-state index contributed by atoms with van der Waals surface area (Å²) in [5.41, 5.74) is 0. The van der Waals surface area contributed by atoms with Gasteiger partial charge < -0.3 is 4.74 Å². The van der Waals surface area contributed by atoms with Gasteiger partial charge >= 0.3 is 0 Å². The lowest BCUT2D eigenvalue weighted by atomic mass is 10.3. The highest BCUT2D eigenvalue weighted by Gasteiger charge is 2.13. The first-order valence-electron chi connectivity index (χ1n) is 6.24. The predicted molar refractivity (Wildman–Crippen MR) is 83.1 cm³/mol. The lowest BCUT2D eigenvalue weighted by molar-refractivity contribution is 0.462. The molecule has 0 N–H and O–H groups in total. The molecule has 1 aromatic heterocycles. The zero-order valence-electron chi connectivity index (χ0n) is 11.2. The summed E-state index contributed by atoms with van der Waals surface area (Å²) in [6.07, 6.45) is 1.85. The van der Waals surface area contributed by atoms with Crippen LogP contribution in [0.5, 0.6) is 11.6 Å². The minimum absolute atomic E-state index is 0.0989. The van der Waals surface area contributed by atoms with Crippen molar-refractivity contribution in [2.75, 3.05) is 5.75 Å². The fourth-order valence-electron chi connectivity index (χ4n) is 1.66. The quantitative estimate of drug-likeness (QED) is 0.807. The Morgan fingerprint density at radius 3 is 2.48 bits per heavy atom. The monoisotopic (exact) mass is 345 g/mol. The molecule has 0 aliphatic carbocycles. The highest BCUT2D eigenvalue weighted by molar-refractivity contribution is 7.91. The van der Waals surface area contributed by atoms with Gasteiger partial charge in [-0.3, -0.25) is 0 Å². The molecule has 2 rings (SSSR count). The first-order valence-corrected chi connectivity index (χ1v) is 8.65. The molecule has 7 heteroatoms. The second kappa shape index (κ2) is 6.64. The Bertz CT molecular complexity index is 730. The molecule has 21 heavy (non-hydrogen) atoms. The van der Waals surface area contributed by atoms with Crippen LogP contribution in [0.25, 0.3) is 0 Å². The molecule has 0 atom stereocenters. The third-order valence-electron chi connectivity index (χ3n) is 2.65. The SMILES string of the molecule is CCCS(=O)(=O)c1ccc(Oc2ccc(Cl)c(Cl)c2)nc1. The van der Waals surface area contributed by atoms with Crippen molar-refractivity contribution in [3.05, 3.63) is 46.6 Å². The second-order valence-corrected chi connectivity index (χ2v) is 7.25. The Morgan fingerprint density at radius 2 is 1.90 bits per heavy atom. The van der Waals surface area contributed by atoms with Crippen LogP contribution in [0.15, 0.2) is 41.4 Å². The van der Waals surface area contributed by atoms with E-state index in [4.69, 9.17) is 27.9 Å². The smallest absolute Gasteiger partial charge is 0.219 e. The van der Waals surface area contributed by atoms with E-state index in [-0.39, 0.29) is 16.5 Å². The molecular formula is C14H13Cl2NO3S. The molecular weight excluding hydrogens is 333 g/mol. The Morgan fingerprint density at radius 1 is 1.14 bits per heavy atom. The van der Waals surface area contributed by atoms with Gasteiger partial charge in [-0.05, 0) is 24.6 Å². The summed E-state index contributed by atoms with van der Waals surface area (Å²) in [5.74, 6) is 0.853. The molecule has 0 saturated carbocycles. The largest absolute Gasteiger partial charge is 0.439 e. The number of sulfone groups is 1. The second-order valence-electron chi connectivity index (χ2n) is 4.33. The Labute approximate surface area is 133 Å². The number of hydrogen-bond acceptors (Lipinski definition) is 4. The summed E-state index contributed by atoms with van der Waals surface area (Å²) >= 11 is 11.7. The Hall–Kier alpha value is -1.30. The Kier molecular flexibility index (Phi) is 5.08. The maximum Gasteiger partial charge on any atom is 0.219 e. The number of ether oxygens (including phenoxy) is 1. The molecule has 0 bridgehead atoms. The molecule has 0 aliphatic rings. The van der Waals surface area contributed by atoms with Gasteiger partial charge in [-0.1, -0.05) is 30.1 Å². The number of pyridine rings is 1. The summed E-state index contributed by atoms with van der Waals surface area (Å²) in [5, 5.41) is 0.800. The van der Waals surface area contributed by atoms with Crippen molar-refractivity contribution in [3.8, 4) is 11.6 Å². The summed E-state index contributed by atoms with van der Waals surface area (Å²) in [6.45, 7) is 1.81. The van der Waals surface area contributed by atoms with Crippen molar-refractivity contribution < 1.29 is 13.2 Å². The van der Waals surface area contributed by atoms with Crippen molar-refractivity contribution in [3.63, 3.8) is 0 Å². The number of benzene rings is 1. The number of aromatic nitrogens is 1. The van der Waals surface area contributed by atoms with Gasteiger partial charge in [0.05, 0.1) is 20.7 Å². The fourth-order valence-corrected chi connectivity index (χ4v) is 3.21. The van der Waals surface area contributed by atoms with Crippen LogP contribution in [0.4, 0.5) is 0 Å². The number of rotatable bonds is 5. The fraction of sp³-hybridized carbons (Fsp3) is 0.214. The zero-order valence-corrected chi connectivity index (χ0v) is 13.5. The van der Waals surface area contributed by atoms with Gasteiger partial charge in [0.15, 0.2) is 9.84 Å². The van der Waals surface area contributed by atoms with E-state index < -0.39 is 9.84 Å². The van der Waals surface area contributed by atoms with Crippen LogP contribution in [0.3, 0.4) is 0 Å². The van der Waals surface area contributed by atoms with E-state index >= 15 is 0 Å². The third-order valence-corrected chi connectivity index (χ3v) is 5.30. The molecule has 0 saturated heterocycles. The molecule has 2 aromatic rings. The first-order chi connectivity index (χ1) is 9.92. The zero-order chi connectivity index (χ0) is 15.5. The average molecular weight is 346 g/mol. The van der Waals surface area contributed by atoms with E-state index in [0.717, 1.165) is 0 Å². The molecule has 0 spiro atoms. The maximum atomic E-state index is 11.9. The van der Waals surface area contributed by atoms with Crippen molar-refractivity contribution in [2.45, 2.75) is 18.2 Å². The van der Waals surface area contributed by atoms with Gasteiger partial charge in [-0.15, -0.1) is 0 Å². The van der Waals surface area contributed by atoms with Gasteiger partial charge in [-0.25, -0.2) is 13.4 Å². The summed E-state index contributed by atoms with van der Waals surface area (Å²) in [6, 6.07) is 7.81. The molecule has 0 fully saturated rings. The average Bonchev–Trinajstić information content (AvgIpc) is 2.43. The Balaban J connectivity index is 2.18. The molecule has 0 unspecified atom stereocenters.